The topological polar surface area (TPSA) is 93.5 Å². The van der Waals surface area contributed by atoms with E-state index in [1.54, 1.807) is 0 Å². The van der Waals surface area contributed by atoms with E-state index in [0.717, 1.165) is 12.8 Å². The number of amides is 2. The van der Waals surface area contributed by atoms with E-state index >= 15 is 0 Å². The molecule has 1 rings (SSSR count). The van der Waals surface area contributed by atoms with Crippen molar-refractivity contribution >= 4 is 11.8 Å². The molecule has 0 aromatic heterocycles. The first-order chi connectivity index (χ1) is 8.74. The molecule has 18 heavy (non-hydrogen) atoms. The van der Waals surface area contributed by atoms with Gasteiger partial charge in [0.05, 0.1) is 12.7 Å². The maximum absolute atomic E-state index is 11.3. The van der Waals surface area contributed by atoms with Crippen LogP contribution in [0.4, 0.5) is 0 Å². The quantitative estimate of drug-likeness (QED) is 0.443. The smallest absolute Gasteiger partial charge is 0.309 e. The first kappa shape index (κ1) is 14.9. The fourth-order valence-electron chi connectivity index (χ4n) is 1.97. The number of rotatable bonds is 6. The zero-order valence-electron chi connectivity index (χ0n) is 10.7. The molecular formula is C12H23N3O3. The molecule has 0 aromatic carbocycles. The highest BCUT2D eigenvalue weighted by atomic mass is 16.5. The van der Waals surface area contributed by atoms with Crippen LogP contribution in [-0.4, -0.2) is 44.2 Å². The predicted molar refractivity (Wildman–Crippen MR) is 67.9 cm³/mol. The summed E-state index contributed by atoms with van der Waals surface area (Å²) in [6.45, 7) is 1.46. The van der Waals surface area contributed by atoms with E-state index in [4.69, 9.17) is 10.5 Å². The minimum absolute atomic E-state index is 0.310. The molecule has 6 heteroatoms. The van der Waals surface area contributed by atoms with E-state index < -0.39 is 11.8 Å². The van der Waals surface area contributed by atoms with Crippen molar-refractivity contribution in [2.45, 2.75) is 38.2 Å². The summed E-state index contributed by atoms with van der Waals surface area (Å²) in [5.74, 6) is -1.27. The zero-order chi connectivity index (χ0) is 13.2. The van der Waals surface area contributed by atoms with Crippen LogP contribution in [-0.2, 0) is 14.3 Å². The molecule has 0 aromatic rings. The molecule has 0 spiro atoms. The molecule has 0 saturated heterocycles. The minimum atomic E-state index is -0.641. The highest BCUT2D eigenvalue weighted by Gasteiger charge is 2.14. The molecule has 1 fully saturated rings. The molecule has 0 unspecified atom stereocenters. The second-order valence-corrected chi connectivity index (χ2v) is 4.43. The van der Waals surface area contributed by atoms with Gasteiger partial charge in [-0.05, 0) is 12.8 Å². The van der Waals surface area contributed by atoms with Gasteiger partial charge in [0.25, 0.3) is 0 Å². The molecule has 6 nitrogen and oxygen atoms in total. The third kappa shape index (κ3) is 5.97. The number of carbonyl (C=O) groups excluding carboxylic acids is 2. The average molecular weight is 257 g/mol. The third-order valence-corrected chi connectivity index (χ3v) is 2.93. The van der Waals surface area contributed by atoms with E-state index in [0.29, 0.717) is 32.3 Å². The monoisotopic (exact) mass is 257 g/mol. The number of carbonyl (C=O) groups is 2. The molecule has 0 atom stereocenters. The summed E-state index contributed by atoms with van der Waals surface area (Å²) in [7, 11) is 0. The summed E-state index contributed by atoms with van der Waals surface area (Å²) in [4.78, 5) is 22.5. The fraction of sp³-hybridized carbons (Fsp3) is 0.833. The van der Waals surface area contributed by atoms with Gasteiger partial charge in [0, 0.05) is 19.6 Å². The van der Waals surface area contributed by atoms with Crippen molar-refractivity contribution in [3.8, 4) is 0 Å². The zero-order valence-corrected chi connectivity index (χ0v) is 10.7. The van der Waals surface area contributed by atoms with Gasteiger partial charge < -0.3 is 21.1 Å². The summed E-state index contributed by atoms with van der Waals surface area (Å²) in [5.41, 5.74) is 5.21. The number of nitrogens with one attached hydrogen (secondary N) is 2. The summed E-state index contributed by atoms with van der Waals surface area (Å²) < 4.78 is 5.63. The van der Waals surface area contributed by atoms with Crippen LogP contribution < -0.4 is 16.4 Å². The van der Waals surface area contributed by atoms with Gasteiger partial charge in [-0.25, -0.2) is 0 Å². The summed E-state index contributed by atoms with van der Waals surface area (Å²) in [5, 5.41) is 4.92. The third-order valence-electron chi connectivity index (χ3n) is 2.93. The Labute approximate surface area is 108 Å². The SMILES string of the molecule is NCCNC(=O)C(=O)NCCOC1CCCCC1. The van der Waals surface area contributed by atoms with E-state index in [1.165, 1.54) is 19.3 Å². The van der Waals surface area contributed by atoms with Gasteiger partial charge in [0.1, 0.15) is 0 Å². The Morgan fingerprint density at radius 1 is 1.06 bits per heavy atom. The van der Waals surface area contributed by atoms with Gasteiger partial charge in [-0.2, -0.15) is 0 Å². The van der Waals surface area contributed by atoms with Crippen molar-refractivity contribution in [2.75, 3.05) is 26.2 Å². The molecule has 0 heterocycles. The van der Waals surface area contributed by atoms with Crippen molar-refractivity contribution < 1.29 is 14.3 Å². The highest BCUT2D eigenvalue weighted by molar-refractivity contribution is 6.35. The Morgan fingerprint density at radius 3 is 2.28 bits per heavy atom. The van der Waals surface area contributed by atoms with Gasteiger partial charge in [-0.15, -0.1) is 0 Å². The van der Waals surface area contributed by atoms with Crippen molar-refractivity contribution in [2.24, 2.45) is 5.73 Å². The van der Waals surface area contributed by atoms with Crippen molar-refractivity contribution in [1.29, 1.82) is 0 Å². The lowest BCUT2D eigenvalue weighted by Crippen LogP contribution is -2.42. The van der Waals surface area contributed by atoms with Gasteiger partial charge in [0.2, 0.25) is 0 Å². The Morgan fingerprint density at radius 2 is 1.67 bits per heavy atom. The second kappa shape index (κ2) is 8.88. The predicted octanol–water partition coefficient (Wildman–Crippen LogP) is -0.473. The number of hydrogen-bond acceptors (Lipinski definition) is 4. The van der Waals surface area contributed by atoms with E-state index in [-0.39, 0.29) is 0 Å². The Bertz CT molecular complexity index is 265. The molecular weight excluding hydrogens is 234 g/mol. The van der Waals surface area contributed by atoms with Crippen molar-refractivity contribution in [1.82, 2.24) is 10.6 Å². The van der Waals surface area contributed by atoms with Crippen LogP contribution in [0.15, 0.2) is 0 Å². The van der Waals surface area contributed by atoms with Gasteiger partial charge in [0.15, 0.2) is 0 Å². The maximum Gasteiger partial charge on any atom is 0.309 e. The van der Waals surface area contributed by atoms with Crippen molar-refractivity contribution in [3.05, 3.63) is 0 Å². The molecule has 1 aliphatic carbocycles. The molecule has 0 aliphatic heterocycles. The summed E-state index contributed by atoms with van der Waals surface area (Å²) in [6.07, 6.45) is 6.26. The first-order valence-electron chi connectivity index (χ1n) is 6.61. The second-order valence-electron chi connectivity index (χ2n) is 4.43. The minimum Gasteiger partial charge on any atom is -0.376 e. The van der Waals surface area contributed by atoms with Gasteiger partial charge in [-0.1, -0.05) is 19.3 Å². The Balaban J connectivity index is 2.02. The van der Waals surface area contributed by atoms with Gasteiger partial charge in [-0.3, -0.25) is 9.59 Å². The van der Waals surface area contributed by atoms with E-state index in [9.17, 15) is 9.59 Å². The number of ether oxygens (including phenoxy) is 1. The summed E-state index contributed by atoms with van der Waals surface area (Å²) in [6, 6.07) is 0. The summed E-state index contributed by atoms with van der Waals surface area (Å²) >= 11 is 0. The fourth-order valence-corrected chi connectivity index (χ4v) is 1.97. The maximum atomic E-state index is 11.3. The average Bonchev–Trinajstić information content (AvgIpc) is 2.41. The van der Waals surface area contributed by atoms with E-state index in [1.807, 2.05) is 0 Å². The molecule has 104 valence electrons. The largest absolute Gasteiger partial charge is 0.376 e. The lowest BCUT2D eigenvalue weighted by Gasteiger charge is -2.21. The van der Waals surface area contributed by atoms with Crippen molar-refractivity contribution in [3.63, 3.8) is 0 Å². The van der Waals surface area contributed by atoms with Crippen LogP contribution in [0.25, 0.3) is 0 Å². The van der Waals surface area contributed by atoms with Crippen LogP contribution >= 0.6 is 0 Å². The first-order valence-corrected chi connectivity index (χ1v) is 6.61. The van der Waals surface area contributed by atoms with Crippen LogP contribution in [0.1, 0.15) is 32.1 Å². The number of hydrogen-bond donors (Lipinski definition) is 3. The molecule has 2 amide bonds. The lowest BCUT2D eigenvalue weighted by molar-refractivity contribution is -0.139. The standard InChI is InChI=1S/C12H23N3O3/c13-6-7-14-11(16)12(17)15-8-9-18-10-4-2-1-3-5-10/h10H,1-9,13H2,(H,14,16)(H,15,17). The molecule has 0 radical (unpaired) electrons. The normalized spacial score (nSPS) is 16.3. The Kier molecular flexibility index (Phi) is 7.36. The highest BCUT2D eigenvalue weighted by Crippen LogP contribution is 2.19. The molecule has 4 N–H and O–H groups in total. The number of nitrogens with two attached hydrogens (primary N) is 1. The van der Waals surface area contributed by atoms with Crippen LogP contribution in [0.5, 0.6) is 0 Å². The van der Waals surface area contributed by atoms with E-state index in [2.05, 4.69) is 10.6 Å². The molecule has 1 aliphatic rings. The van der Waals surface area contributed by atoms with Crippen LogP contribution in [0.2, 0.25) is 0 Å². The molecule has 1 saturated carbocycles. The molecule has 0 bridgehead atoms. The van der Waals surface area contributed by atoms with Crippen LogP contribution in [0, 0.1) is 0 Å². The van der Waals surface area contributed by atoms with Crippen LogP contribution in [0.3, 0.4) is 0 Å². The Hall–Kier alpha value is -1.14. The van der Waals surface area contributed by atoms with Gasteiger partial charge >= 0.3 is 11.8 Å². The lowest BCUT2D eigenvalue weighted by atomic mass is 9.98.